The normalized spacial score (nSPS) is 11.0. The molecule has 0 radical (unpaired) electrons. The third-order valence-electron chi connectivity index (χ3n) is 2.96. The number of H-pyrrole nitrogens is 1. The minimum atomic E-state index is -0.932. The van der Waals surface area contributed by atoms with Gasteiger partial charge in [0.2, 0.25) is 0 Å². The molecule has 0 saturated carbocycles. The Hall–Kier alpha value is -2.54. The molecule has 0 amide bonds. The number of nitrogens with one attached hydrogen (secondary N) is 1. The van der Waals surface area contributed by atoms with Crippen molar-refractivity contribution in [3.8, 4) is 16.9 Å². The van der Waals surface area contributed by atoms with Crippen molar-refractivity contribution in [1.29, 1.82) is 0 Å². The average molecular weight is 310 g/mol. The minimum absolute atomic E-state index is 0.0733. The molecule has 0 spiro atoms. The molecular weight excluding hydrogens is 304 g/mol. The molecule has 0 aliphatic heterocycles. The summed E-state index contributed by atoms with van der Waals surface area (Å²) in [5.41, 5.74) is -1.75. The molecule has 2 heterocycles. The smallest absolute Gasteiger partial charge is 0.261 e. The lowest BCUT2D eigenvalue weighted by molar-refractivity contribution is 0.481. The Balaban J connectivity index is 2.47. The van der Waals surface area contributed by atoms with Gasteiger partial charge in [0.15, 0.2) is 0 Å². The van der Waals surface area contributed by atoms with Gasteiger partial charge in [-0.3, -0.25) is 4.79 Å². The largest absolute Gasteiger partial charge is 0.506 e. The van der Waals surface area contributed by atoms with Crippen molar-refractivity contribution in [1.82, 2.24) is 15.0 Å². The van der Waals surface area contributed by atoms with Crippen LogP contribution < -0.4 is 5.56 Å². The van der Waals surface area contributed by atoms with Crippen LogP contribution in [-0.4, -0.2) is 20.1 Å². The molecule has 0 unspecified atom stereocenters. The number of rotatable bonds is 1. The highest BCUT2D eigenvalue weighted by molar-refractivity contribution is 6.33. The van der Waals surface area contributed by atoms with E-state index in [2.05, 4.69) is 15.0 Å². The predicted octanol–water partition coefficient (Wildman–Crippen LogP) is 2.62. The fraction of sp³-hybridized carbons (Fsp3) is 0. The van der Waals surface area contributed by atoms with Crippen LogP contribution in [0, 0.1) is 11.6 Å². The van der Waals surface area contributed by atoms with E-state index < -0.39 is 39.1 Å². The fourth-order valence-electron chi connectivity index (χ4n) is 2.00. The van der Waals surface area contributed by atoms with Crippen LogP contribution in [0.3, 0.4) is 0 Å². The van der Waals surface area contributed by atoms with Crippen LogP contribution in [0.4, 0.5) is 8.78 Å². The van der Waals surface area contributed by atoms with Crippen LogP contribution in [0.25, 0.3) is 22.2 Å². The minimum Gasteiger partial charge on any atom is -0.506 e. The first-order valence-corrected chi connectivity index (χ1v) is 6.07. The molecule has 21 heavy (non-hydrogen) atoms. The molecule has 0 aliphatic carbocycles. The summed E-state index contributed by atoms with van der Waals surface area (Å²) in [7, 11) is 0. The molecular formula is C13H6ClF2N3O2. The highest BCUT2D eigenvalue weighted by atomic mass is 35.5. The van der Waals surface area contributed by atoms with Gasteiger partial charge in [-0.1, -0.05) is 11.6 Å². The molecule has 5 nitrogen and oxygen atoms in total. The lowest BCUT2D eigenvalue weighted by Crippen LogP contribution is -2.11. The first-order chi connectivity index (χ1) is 10.0. The molecule has 3 aromatic rings. The van der Waals surface area contributed by atoms with Crippen molar-refractivity contribution in [2.75, 3.05) is 0 Å². The summed E-state index contributed by atoms with van der Waals surface area (Å²) in [6.07, 6.45) is 2.41. The summed E-state index contributed by atoms with van der Waals surface area (Å²) in [6.45, 7) is 0. The van der Waals surface area contributed by atoms with Crippen molar-refractivity contribution in [2.45, 2.75) is 0 Å². The number of fused-ring (bicyclic) bond motifs is 1. The quantitative estimate of drug-likeness (QED) is 0.677. The topological polar surface area (TPSA) is 78.9 Å². The van der Waals surface area contributed by atoms with Crippen molar-refractivity contribution < 1.29 is 13.9 Å². The Labute approximate surface area is 120 Å². The number of aromatic amines is 1. The second-order valence-electron chi connectivity index (χ2n) is 4.18. The SMILES string of the molecule is O=c1[nH]c2ncncc2c(O)c1-c1c(F)ccc(F)c1Cl. The van der Waals surface area contributed by atoms with Gasteiger partial charge in [-0.05, 0) is 12.1 Å². The Kier molecular flexibility index (Phi) is 3.06. The van der Waals surface area contributed by atoms with Crippen LogP contribution in [0.5, 0.6) is 5.75 Å². The first-order valence-electron chi connectivity index (χ1n) is 5.69. The summed E-state index contributed by atoms with van der Waals surface area (Å²) in [5, 5.41) is 9.67. The Bertz CT molecular complexity index is 927. The van der Waals surface area contributed by atoms with E-state index >= 15 is 0 Å². The second kappa shape index (κ2) is 4.78. The number of aromatic nitrogens is 3. The van der Waals surface area contributed by atoms with Gasteiger partial charge < -0.3 is 10.1 Å². The number of pyridine rings is 1. The van der Waals surface area contributed by atoms with Crippen LogP contribution >= 0.6 is 11.6 Å². The molecule has 8 heteroatoms. The van der Waals surface area contributed by atoms with E-state index in [0.717, 1.165) is 12.1 Å². The summed E-state index contributed by atoms with van der Waals surface area (Å²) in [4.78, 5) is 21.9. The van der Waals surface area contributed by atoms with E-state index in [0.29, 0.717) is 0 Å². The number of hydrogen-bond donors (Lipinski definition) is 2. The van der Waals surface area contributed by atoms with Gasteiger partial charge in [0.25, 0.3) is 5.56 Å². The van der Waals surface area contributed by atoms with Crippen molar-refractivity contribution in [3.05, 3.63) is 51.7 Å². The number of aromatic hydroxyl groups is 1. The van der Waals surface area contributed by atoms with Gasteiger partial charge in [-0.2, -0.15) is 0 Å². The van der Waals surface area contributed by atoms with E-state index in [1.54, 1.807) is 0 Å². The van der Waals surface area contributed by atoms with Crippen LogP contribution in [-0.2, 0) is 0 Å². The van der Waals surface area contributed by atoms with Crippen LogP contribution in [0.1, 0.15) is 0 Å². The number of nitrogens with zero attached hydrogens (tertiary/aromatic N) is 2. The van der Waals surface area contributed by atoms with Gasteiger partial charge in [0.05, 0.1) is 16.0 Å². The summed E-state index contributed by atoms with van der Waals surface area (Å²) in [5.74, 6) is -2.41. The van der Waals surface area contributed by atoms with Gasteiger partial charge in [-0.15, -0.1) is 0 Å². The maximum Gasteiger partial charge on any atom is 0.261 e. The van der Waals surface area contributed by atoms with E-state index in [1.807, 2.05) is 0 Å². The number of hydrogen-bond acceptors (Lipinski definition) is 4. The summed E-state index contributed by atoms with van der Waals surface area (Å²) < 4.78 is 27.4. The van der Waals surface area contributed by atoms with Crippen LogP contribution in [0.2, 0.25) is 5.02 Å². The lowest BCUT2D eigenvalue weighted by atomic mass is 10.0. The molecule has 0 aliphatic rings. The zero-order chi connectivity index (χ0) is 15.1. The van der Waals surface area contributed by atoms with E-state index in [-0.39, 0.29) is 11.0 Å². The molecule has 0 fully saturated rings. The van der Waals surface area contributed by atoms with Crippen molar-refractivity contribution >= 4 is 22.6 Å². The summed E-state index contributed by atoms with van der Waals surface area (Å²) in [6, 6.07) is 1.65. The zero-order valence-corrected chi connectivity index (χ0v) is 10.9. The molecule has 0 atom stereocenters. The van der Waals surface area contributed by atoms with E-state index in [4.69, 9.17) is 11.6 Å². The maximum atomic E-state index is 13.9. The molecule has 1 aromatic carbocycles. The monoisotopic (exact) mass is 309 g/mol. The first kappa shape index (κ1) is 13.4. The van der Waals surface area contributed by atoms with Crippen molar-refractivity contribution in [3.63, 3.8) is 0 Å². The second-order valence-corrected chi connectivity index (χ2v) is 4.56. The highest BCUT2D eigenvalue weighted by Gasteiger charge is 2.22. The van der Waals surface area contributed by atoms with Crippen molar-refractivity contribution in [2.24, 2.45) is 0 Å². The molecule has 2 N–H and O–H groups in total. The average Bonchev–Trinajstić information content (AvgIpc) is 2.46. The predicted molar refractivity (Wildman–Crippen MR) is 72.2 cm³/mol. The number of benzene rings is 1. The Morgan fingerprint density at radius 3 is 2.67 bits per heavy atom. The molecule has 0 saturated heterocycles. The Morgan fingerprint density at radius 1 is 1.19 bits per heavy atom. The standard InChI is InChI=1S/C13H6ClF2N3O2/c14-10-7(16)2-1-6(15)8(10)9-11(20)5-3-17-4-18-12(5)19-13(9)21/h1-4H,(H2,17,18,19,20,21). The number of halogens is 3. The maximum absolute atomic E-state index is 13.9. The molecule has 2 aromatic heterocycles. The summed E-state index contributed by atoms with van der Waals surface area (Å²) >= 11 is 5.72. The molecule has 0 bridgehead atoms. The van der Waals surface area contributed by atoms with Gasteiger partial charge in [0.1, 0.15) is 29.4 Å². The third kappa shape index (κ3) is 2.02. The lowest BCUT2D eigenvalue weighted by Gasteiger charge is -2.09. The van der Waals surface area contributed by atoms with Gasteiger partial charge in [0, 0.05) is 11.8 Å². The van der Waals surface area contributed by atoms with Gasteiger partial charge >= 0.3 is 0 Å². The van der Waals surface area contributed by atoms with Gasteiger partial charge in [-0.25, -0.2) is 18.7 Å². The fourth-order valence-corrected chi connectivity index (χ4v) is 2.25. The Morgan fingerprint density at radius 2 is 1.90 bits per heavy atom. The molecule has 3 rings (SSSR count). The zero-order valence-electron chi connectivity index (χ0n) is 10.2. The van der Waals surface area contributed by atoms with E-state index in [1.165, 1.54) is 12.5 Å². The highest BCUT2D eigenvalue weighted by Crippen LogP contribution is 2.37. The molecule has 106 valence electrons. The van der Waals surface area contributed by atoms with Crippen LogP contribution in [0.15, 0.2) is 29.5 Å². The van der Waals surface area contributed by atoms with E-state index in [9.17, 15) is 18.7 Å². The third-order valence-corrected chi connectivity index (χ3v) is 3.33.